The maximum absolute atomic E-state index is 5.76. The minimum Gasteiger partial charge on any atom is -0.330 e. The Morgan fingerprint density at radius 2 is 2.00 bits per heavy atom. The molecule has 0 unspecified atom stereocenters. The lowest BCUT2D eigenvalue weighted by Crippen LogP contribution is -2.28. The molecule has 0 aliphatic rings. The van der Waals surface area contributed by atoms with Gasteiger partial charge in [0, 0.05) is 22.6 Å². The molecule has 2 N–H and O–H groups in total. The zero-order chi connectivity index (χ0) is 12.5. The van der Waals surface area contributed by atoms with E-state index in [2.05, 4.69) is 34.9 Å². The fraction of sp³-hybridized carbons (Fsp3) is 0.308. The van der Waals surface area contributed by atoms with Crippen LogP contribution < -0.4 is 5.73 Å². The number of nitrogens with two attached hydrogens (primary N) is 1. The highest BCUT2D eigenvalue weighted by Crippen LogP contribution is 2.23. The average molecular weight is 294 g/mol. The van der Waals surface area contributed by atoms with Crippen molar-refractivity contribution in [3.05, 3.63) is 46.7 Å². The highest BCUT2D eigenvalue weighted by molar-refractivity contribution is 9.10. The Morgan fingerprint density at radius 1 is 1.29 bits per heavy atom. The number of rotatable bonds is 3. The van der Waals surface area contributed by atoms with Crippen LogP contribution in [0, 0.1) is 0 Å². The normalized spacial score (nSPS) is 11.8. The third kappa shape index (κ3) is 2.42. The van der Waals surface area contributed by atoms with Crippen molar-refractivity contribution in [2.45, 2.75) is 19.3 Å². The van der Waals surface area contributed by atoms with Crippen molar-refractivity contribution in [1.29, 1.82) is 0 Å². The van der Waals surface area contributed by atoms with E-state index in [1.807, 2.05) is 41.2 Å². The second-order valence-electron chi connectivity index (χ2n) is 4.68. The fourth-order valence-corrected chi connectivity index (χ4v) is 2.03. The molecule has 0 amide bonds. The average Bonchev–Trinajstić information content (AvgIpc) is 2.79. The monoisotopic (exact) mass is 293 g/mol. The van der Waals surface area contributed by atoms with Crippen molar-refractivity contribution >= 4 is 15.9 Å². The summed E-state index contributed by atoms with van der Waals surface area (Å²) in [6.45, 7) is 4.78. The Labute approximate surface area is 110 Å². The summed E-state index contributed by atoms with van der Waals surface area (Å²) in [4.78, 5) is 0. The second kappa shape index (κ2) is 4.63. The van der Waals surface area contributed by atoms with Crippen LogP contribution in [0.5, 0.6) is 0 Å². The molecule has 90 valence electrons. The number of halogens is 1. The third-order valence-electron chi connectivity index (χ3n) is 2.89. The maximum Gasteiger partial charge on any atom is 0.0787 e. The lowest BCUT2D eigenvalue weighted by Gasteiger charge is -2.19. The Morgan fingerprint density at radius 3 is 2.65 bits per heavy atom. The molecule has 0 fully saturated rings. The van der Waals surface area contributed by atoms with Gasteiger partial charge >= 0.3 is 0 Å². The first-order valence-corrected chi connectivity index (χ1v) is 6.35. The van der Waals surface area contributed by atoms with Crippen molar-refractivity contribution in [2.75, 3.05) is 6.54 Å². The lowest BCUT2D eigenvalue weighted by molar-refractivity contribution is 0.515. The number of benzene rings is 1. The van der Waals surface area contributed by atoms with Gasteiger partial charge in [-0.05, 0) is 34.1 Å². The Kier molecular flexibility index (Phi) is 3.35. The van der Waals surface area contributed by atoms with Crippen molar-refractivity contribution < 1.29 is 0 Å². The highest BCUT2D eigenvalue weighted by atomic mass is 79.9. The molecule has 2 aromatic rings. The molecule has 0 saturated heterocycles. The lowest BCUT2D eigenvalue weighted by atomic mass is 9.90. The Bertz CT molecular complexity index is 517. The van der Waals surface area contributed by atoms with E-state index in [1.165, 1.54) is 0 Å². The summed E-state index contributed by atoms with van der Waals surface area (Å²) in [6.07, 6.45) is 1.97. The fourth-order valence-electron chi connectivity index (χ4n) is 1.56. The van der Waals surface area contributed by atoms with E-state index >= 15 is 0 Å². The Hall–Kier alpha value is -1.13. The minimum absolute atomic E-state index is 0.0908. The zero-order valence-electron chi connectivity index (χ0n) is 10.0. The summed E-state index contributed by atoms with van der Waals surface area (Å²) in [6, 6.07) is 10.0. The first-order chi connectivity index (χ1) is 8.04. The van der Waals surface area contributed by atoms with Gasteiger partial charge in [-0.15, -0.1) is 0 Å². The van der Waals surface area contributed by atoms with Gasteiger partial charge < -0.3 is 5.73 Å². The van der Waals surface area contributed by atoms with Gasteiger partial charge in [0.15, 0.2) is 0 Å². The molecule has 4 heteroatoms. The molecule has 0 radical (unpaired) electrons. The van der Waals surface area contributed by atoms with E-state index in [4.69, 9.17) is 5.73 Å². The molecule has 0 aliphatic carbocycles. The van der Waals surface area contributed by atoms with Gasteiger partial charge in [-0.1, -0.05) is 26.0 Å². The van der Waals surface area contributed by atoms with E-state index in [0.29, 0.717) is 6.54 Å². The molecule has 1 aromatic heterocycles. The quantitative estimate of drug-likeness (QED) is 0.946. The topological polar surface area (TPSA) is 43.8 Å². The van der Waals surface area contributed by atoms with Crippen LogP contribution in [0.25, 0.3) is 5.69 Å². The van der Waals surface area contributed by atoms with Crippen molar-refractivity contribution in [3.8, 4) is 5.69 Å². The van der Waals surface area contributed by atoms with E-state index in [9.17, 15) is 0 Å². The number of aromatic nitrogens is 2. The van der Waals surface area contributed by atoms with Gasteiger partial charge in [-0.25, -0.2) is 4.68 Å². The molecule has 0 aliphatic heterocycles. The van der Waals surface area contributed by atoms with Crippen molar-refractivity contribution in [1.82, 2.24) is 9.78 Å². The summed E-state index contributed by atoms with van der Waals surface area (Å²) >= 11 is 3.52. The van der Waals surface area contributed by atoms with Crippen LogP contribution in [-0.4, -0.2) is 16.3 Å². The van der Waals surface area contributed by atoms with Crippen molar-refractivity contribution in [2.24, 2.45) is 5.73 Å². The molecule has 1 heterocycles. The zero-order valence-corrected chi connectivity index (χ0v) is 11.6. The first-order valence-electron chi connectivity index (χ1n) is 5.56. The van der Waals surface area contributed by atoms with Gasteiger partial charge in [0.05, 0.1) is 11.4 Å². The molecule has 0 atom stereocenters. The van der Waals surface area contributed by atoms with Gasteiger partial charge in [0.1, 0.15) is 0 Å². The van der Waals surface area contributed by atoms with Gasteiger partial charge in [-0.3, -0.25) is 0 Å². The summed E-state index contributed by atoms with van der Waals surface area (Å²) < 4.78 is 2.90. The number of para-hydroxylation sites is 1. The van der Waals surface area contributed by atoms with Crippen LogP contribution in [0.15, 0.2) is 41.0 Å². The molecule has 17 heavy (non-hydrogen) atoms. The highest BCUT2D eigenvalue weighted by Gasteiger charge is 2.21. The standard InChI is InChI=1S/C13H16BrN3/c1-13(2,9-15)12-7-8-17(16-12)11-6-4-3-5-10(11)14/h3-8H,9,15H2,1-2H3. The van der Waals surface area contributed by atoms with E-state index in [-0.39, 0.29) is 5.41 Å². The summed E-state index contributed by atoms with van der Waals surface area (Å²) in [5.41, 5.74) is 7.71. The molecular formula is C13H16BrN3. The van der Waals surface area contributed by atoms with Gasteiger partial charge in [0.25, 0.3) is 0 Å². The van der Waals surface area contributed by atoms with Crippen LogP contribution >= 0.6 is 15.9 Å². The minimum atomic E-state index is -0.0908. The van der Waals surface area contributed by atoms with Crippen LogP contribution in [0.4, 0.5) is 0 Å². The largest absolute Gasteiger partial charge is 0.330 e. The second-order valence-corrected chi connectivity index (χ2v) is 5.54. The predicted molar refractivity (Wildman–Crippen MR) is 73.3 cm³/mol. The van der Waals surface area contributed by atoms with Crippen LogP contribution in [0.3, 0.4) is 0 Å². The molecule has 1 aromatic carbocycles. The summed E-state index contributed by atoms with van der Waals surface area (Å²) in [5.74, 6) is 0. The molecule has 0 bridgehead atoms. The van der Waals surface area contributed by atoms with Crippen LogP contribution in [0.2, 0.25) is 0 Å². The van der Waals surface area contributed by atoms with E-state index in [1.54, 1.807) is 0 Å². The predicted octanol–water partition coefficient (Wildman–Crippen LogP) is 2.87. The summed E-state index contributed by atoms with van der Waals surface area (Å²) in [5, 5.41) is 4.59. The summed E-state index contributed by atoms with van der Waals surface area (Å²) in [7, 11) is 0. The van der Waals surface area contributed by atoms with Crippen LogP contribution in [-0.2, 0) is 5.41 Å². The first kappa shape index (κ1) is 12.3. The molecule has 0 spiro atoms. The van der Waals surface area contributed by atoms with Crippen LogP contribution in [0.1, 0.15) is 19.5 Å². The third-order valence-corrected chi connectivity index (χ3v) is 3.56. The number of hydrogen-bond acceptors (Lipinski definition) is 2. The van der Waals surface area contributed by atoms with E-state index in [0.717, 1.165) is 15.9 Å². The molecular weight excluding hydrogens is 278 g/mol. The number of nitrogens with zero attached hydrogens (tertiary/aromatic N) is 2. The molecule has 3 nitrogen and oxygen atoms in total. The Balaban J connectivity index is 2.40. The smallest absolute Gasteiger partial charge is 0.0787 e. The SMILES string of the molecule is CC(C)(CN)c1ccn(-c2ccccc2Br)n1. The van der Waals surface area contributed by atoms with Crippen molar-refractivity contribution in [3.63, 3.8) is 0 Å². The van der Waals surface area contributed by atoms with Gasteiger partial charge in [-0.2, -0.15) is 5.10 Å². The molecule has 2 rings (SSSR count). The number of hydrogen-bond donors (Lipinski definition) is 1. The van der Waals surface area contributed by atoms with Gasteiger partial charge in [0.2, 0.25) is 0 Å². The maximum atomic E-state index is 5.76. The van der Waals surface area contributed by atoms with E-state index < -0.39 is 0 Å². The molecule has 0 saturated carbocycles.